The maximum absolute atomic E-state index is 2.30. The van der Waals surface area contributed by atoms with Gasteiger partial charge in [-0.2, -0.15) is 0 Å². The summed E-state index contributed by atoms with van der Waals surface area (Å²) in [5, 5.41) is 0. The molecule has 0 unspecified atom stereocenters. The van der Waals surface area contributed by atoms with Gasteiger partial charge in [0.2, 0.25) is 0 Å². The number of hydrogen-bond donors (Lipinski definition) is 0. The molecule has 0 aliphatic heterocycles. The van der Waals surface area contributed by atoms with Gasteiger partial charge >= 0.3 is 0 Å². The van der Waals surface area contributed by atoms with E-state index in [1.807, 2.05) is 0 Å². The average Bonchev–Trinajstić information content (AvgIpc) is 2.40. The van der Waals surface area contributed by atoms with E-state index < -0.39 is 0 Å². The number of rotatable bonds is 0. The predicted octanol–water partition coefficient (Wildman–Crippen LogP) is 2.36. The molecule has 2 rings (SSSR count). The molecule has 8 heavy (non-hydrogen) atoms. The molecule has 0 heteroatoms. The molecular weight excluding hydrogens is 96.1 g/mol. The molecule has 0 N–H and O–H groups in total. The van der Waals surface area contributed by atoms with E-state index in [2.05, 4.69) is 13.0 Å². The molecule has 0 aromatic rings. The molecule has 2 saturated carbocycles. The Morgan fingerprint density at radius 2 is 2.00 bits per heavy atom. The van der Waals surface area contributed by atoms with Crippen molar-refractivity contribution in [2.45, 2.75) is 26.2 Å². The minimum absolute atomic E-state index is 1.13. The average molecular weight is 108 g/mol. The second-order valence-electron chi connectivity index (χ2n) is 3.11. The Morgan fingerprint density at radius 3 is 2.38 bits per heavy atom. The van der Waals surface area contributed by atoms with Gasteiger partial charge in [0.25, 0.3) is 0 Å². The largest absolute Gasteiger partial charge is 0.0884 e. The normalized spacial score (nSPS) is 47.4. The van der Waals surface area contributed by atoms with Gasteiger partial charge in [0.15, 0.2) is 0 Å². The van der Waals surface area contributed by atoms with Crippen molar-refractivity contribution in [1.82, 2.24) is 0 Å². The van der Waals surface area contributed by atoms with Crippen molar-refractivity contribution in [2.24, 2.45) is 11.8 Å². The van der Waals surface area contributed by atoms with E-state index in [9.17, 15) is 0 Å². The molecule has 0 spiro atoms. The van der Waals surface area contributed by atoms with E-state index in [1.165, 1.54) is 19.3 Å². The second kappa shape index (κ2) is 1.37. The smallest absolute Gasteiger partial charge is 0.0289 e. The minimum atomic E-state index is 1.13. The van der Waals surface area contributed by atoms with Crippen molar-refractivity contribution in [3.63, 3.8) is 0 Å². The van der Waals surface area contributed by atoms with Gasteiger partial charge in [-0.1, -0.05) is 11.6 Å². The molecule has 0 radical (unpaired) electrons. The molecule has 2 aliphatic rings. The van der Waals surface area contributed by atoms with Crippen LogP contribution in [-0.4, -0.2) is 0 Å². The first-order valence-corrected chi connectivity index (χ1v) is 3.54. The quantitative estimate of drug-likeness (QED) is 0.418. The van der Waals surface area contributed by atoms with Gasteiger partial charge < -0.3 is 0 Å². The van der Waals surface area contributed by atoms with Crippen molar-refractivity contribution in [1.29, 1.82) is 0 Å². The molecule has 2 atom stereocenters. The van der Waals surface area contributed by atoms with Gasteiger partial charge in [-0.3, -0.25) is 0 Å². The zero-order valence-corrected chi connectivity index (χ0v) is 5.35. The summed E-state index contributed by atoms with van der Waals surface area (Å²) >= 11 is 0. The molecule has 0 aromatic carbocycles. The lowest BCUT2D eigenvalue weighted by Crippen LogP contribution is -1.75. The Kier molecular flexibility index (Phi) is 0.787. The second-order valence-corrected chi connectivity index (χ2v) is 3.11. The van der Waals surface area contributed by atoms with Crippen LogP contribution in [0.15, 0.2) is 11.6 Å². The van der Waals surface area contributed by atoms with Crippen LogP contribution in [0.5, 0.6) is 0 Å². The van der Waals surface area contributed by atoms with Crippen molar-refractivity contribution in [2.75, 3.05) is 0 Å². The van der Waals surface area contributed by atoms with Crippen molar-refractivity contribution < 1.29 is 0 Å². The highest BCUT2D eigenvalue weighted by molar-refractivity contribution is 5.16. The Labute approximate surface area is 50.6 Å². The van der Waals surface area contributed by atoms with Crippen LogP contribution in [0.25, 0.3) is 0 Å². The SMILES string of the molecule is CC=C1C[C@@H]2C[C@@H]2C1. The van der Waals surface area contributed by atoms with Crippen LogP contribution in [-0.2, 0) is 0 Å². The Balaban J connectivity index is 2.08. The summed E-state index contributed by atoms with van der Waals surface area (Å²) in [5.41, 5.74) is 1.71. The lowest BCUT2D eigenvalue weighted by atomic mass is 10.1. The summed E-state index contributed by atoms with van der Waals surface area (Å²) in [6.07, 6.45) is 6.70. The highest BCUT2D eigenvalue weighted by Crippen LogP contribution is 2.53. The van der Waals surface area contributed by atoms with Crippen LogP contribution < -0.4 is 0 Å². The van der Waals surface area contributed by atoms with E-state index in [-0.39, 0.29) is 0 Å². The molecule has 2 fully saturated rings. The summed E-state index contributed by atoms with van der Waals surface area (Å²) in [6.45, 7) is 2.17. The zero-order valence-electron chi connectivity index (χ0n) is 5.35. The van der Waals surface area contributed by atoms with Crippen LogP contribution in [0.4, 0.5) is 0 Å². The summed E-state index contributed by atoms with van der Waals surface area (Å²) in [4.78, 5) is 0. The standard InChI is InChI=1S/C8H12/c1-2-6-3-7-5-8(7)4-6/h2,7-8H,3-5H2,1H3/t7-,8+. The Bertz CT molecular complexity index is 121. The van der Waals surface area contributed by atoms with Gasteiger partial charge in [-0.25, -0.2) is 0 Å². The first kappa shape index (κ1) is 4.60. The van der Waals surface area contributed by atoms with E-state index >= 15 is 0 Å². The van der Waals surface area contributed by atoms with Gasteiger partial charge in [-0.15, -0.1) is 0 Å². The van der Waals surface area contributed by atoms with Crippen LogP contribution in [0.3, 0.4) is 0 Å². The maximum atomic E-state index is 2.30. The fourth-order valence-electron chi connectivity index (χ4n) is 1.80. The molecular formula is C8H12. The molecule has 0 bridgehead atoms. The first-order valence-electron chi connectivity index (χ1n) is 3.54. The zero-order chi connectivity index (χ0) is 5.56. The first-order chi connectivity index (χ1) is 3.90. The lowest BCUT2D eigenvalue weighted by molar-refractivity contribution is 0.834. The molecule has 2 aliphatic carbocycles. The molecule has 0 heterocycles. The third-order valence-corrected chi connectivity index (χ3v) is 2.53. The fourth-order valence-corrected chi connectivity index (χ4v) is 1.80. The van der Waals surface area contributed by atoms with Gasteiger partial charge in [-0.05, 0) is 38.0 Å². The highest BCUT2D eigenvalue weighted by Gasteiger charge is 2.42. The van der Waals surface area contributed by atoms with Crippen molar-refractivity contribution in [3.8, 4) is 0 Å². The van der Waals surface area contributed by atoms with E-state index in [0.717, 1.165) is 11.8 Å². The van der Waals surface area contributed by atoms with Gasteiger partial charge in [0, 0.05) is 0 Å². The topological polar surface area (TPSA) is 0 Å². The maximum Gasteiger partial charge on any atom is -0.0289 e. The Hall–Kier alpha value is -0.260. The van der Waals surface area contributed by atoms with Crippen molar-refractivity contribution in [3.05, 3.63) is 11.6 Å². The summed E-state index contributed by atoms with van der Waals surface area (Å²) in [6, 6.07) is 0. The molecule has 0 amide bonds. The molecule has 0 saturated heterocycles. The van der Waals surface area contributed by atoms with Crippen LogP contribution in [0.1, 0.15) is 26.2 Å². The molecule has 44 valence electrons. The monoisotopic (exact) mass is 108 g/mol. The lowest BCUT2D eigenvalue weighted by Gasteiger charge is -1.93. The number of fused-ring (bicyclic) bond motifs is 1. The summed E-state index contributed by atoms with van der Waals surface area (Å²) in [7, 11) is 0. The van der Waals surface area contributed by atoms with Crippen LogP contribution in [0.2, 0.25) is 0 Å². The Morgan fingerprint density at radius 1 is 1.38 bits per heavy atom. The predicted molar refractivity (Wildman–Crippen MR) is 34.6 cm³/mol. The number of hydrogen-bond acceptors (Lipinski definition) is 0. The third kappa shape index (κ3) is 0.521. The highest BCUT2D eigenvalue weighted by atomic mass is 14.5. The molecule has 0 nitrogen and oxygen atoms in total. The van der Waals surface area contributed by atoms with Crippen LogP contribution in [0, 0.1) is 11.8 Å². The summed E-state index contributed by atoms with van der Waals surface area (Å²) in [5.74, 6) is 2.25. The van der Waals surface area contributed by atoms with E-state index in [0.29, 0.717) is 0 Å². The van der Waals surface area contributed by atoms with Gasteiger partial charge in [0.05, 0.1) is 0 Å². The molecule has 0 aromatic heterocycles. The fraction of sp³-hybridized carbons (Fsp3) is 0.750. The third-order valence-electron chi connectivity index (χ3n) is 2.53. The van der Waals surface area contributed by atoms with E-state index in [1.54, 1.807) is 5.57 Å². The van der Waals surface area contributed by atoms with E-state index in [4.69, 9.17) is 0 Å². The summed E-state index contributed by atoms with van der Waals surface area (Å²) < 4.78 is 0. The minimum Gasteiger partial charge on any atom is -0.0884 e. The number of allylic oxidation sites excluding steroid dienone is 2. The van der Waals surface area contributed by atoms with Crippen molar-refractivity contribution >= 4 is 0 Å². The van der Waals surface area contributed by atoms with Gasteiger partial charge in [0.1, 0.15) is 0 Å². The van der Waals surface area contributed by atoms with Crippen LogP contribution >= 0.6 is 0 Å².